The molecule has 0 unspecified atom stereocenters. The van der Waals surface area contributed by atoms with Gasteiger partial charge in [-0.3, -0.25) is 0 Å². The van der Waals surface area contributed by atoms with Crippen LogP contribution in [0, 0.1) is 11.7 Å². The summed E-state index contributed by atoms with van der Waals surface area (Å²) >= 11 is 0. The standard InChI is InChI=1S/C18H20F2N2/c19-16-3-1-2-15(13-16)12-14-8-10-22(11-9-14)18-6-4-17(21-20)5-7-18/h1-7,13-14,21H,8-12H2. The van der Waals surface area contributed by atoms with Crippen LogP contribution in [0.1, 0.15) is 18.4 Å². The van der Waals surface area contributed by atoms with Crippen molar-refractivity contribution >= 4 is 11.4 Å². The summed E-state index contributed by atoms with van der Waals surface area (Å²) in [5.74, 6) is 0.446. The van der Waals surface area contributed by atoms with E-state index in [9.17, 15) is 8.87 Å². The number of benzene rings is 2. The van der Waals surface area contributed by atoms with E-state index >= 15 is 0 Å². The number of anilines is 2. The molecular weight excluding hydrogens is 282 g/mol. The number of nitrogens with one attached hydrogen (secondary N) is 1. The van der Waals surface area contributed by atoms with Crippen molar-refractivity contribution in [3.8, 4) is 0 Å². The first-order valence-electron chi connectivity index (χ1n) is 7.71. The van der Waals surface area contributed by atoms with Gasteiger partial charge in [0, 0.05) is 18.8 Å². The summed E-state index contributed by atoms with van der Waals surface area (Å²) in [6.45, 7) is 1.98. The molecule has 2 aromatic carbocycles. The van der Waals surface area contributed by atoms with Crippen molar-refractivity contribution in [2.45, 2.75) is 19.3 Å². The van der Waals surface area contributed by atoms with Crippen LogP contribution >= 0.6 is 0 Å². The van der Waals surface area contributed by atoms with Crippen LogP contribution < -0.4 is 10.4 Å². The van der Waals surface area contributed by atoms with Crippen molar-refractivity contribution < 1.29 is 8.87 Å². The highest BCUT2D eigenvalue weighted by atomic mass is 19.2. The van der Waals surface area contributed by atoms with E-state index in [4.69, 9.17) is 0 Å². The number of nitrogens with zero attached hydrogens (tertiary/aromatic N) is 1. The normalized spacial score (nSPS) is 15.8. The fourth-order valence-corrected chi connectivity index (χ4v) is 3.13. The number of hydrogen-bond donors (Lipinski definition) is 1. The average molecular weight is 302 g/mol. The van der Waals surface area contributed by atoms with E-state index in [1.807, 2.05) is 18.2 Å². The van der Waals surface area contributed by atoms with Crippen LogP contribution in [-0.4, -0.2) is 13.1 Å². The molecule has 4 heteroatoms. The highest BCUT2D eigenvalue weighted by molar-refractivity contribution is 5.54. The minimum atomic E-state index is -0.156. The highest BCUT2D eigenvalue weighted by Crippen LogP contribution is 2.26. The smallest absolute Gasteiger partial charge is 0.123 e. The lowest BCUT2D eigenvalue weighted by Gasteiger charge is -2.33. The van der Waals surface area contributed by atoms with Crippen molar-refractivity contribution in [2.24, 2.45) is 5.92 Å². The third-order valence-corrected chi connectivity index (χ3v) is 4.37. The van der Waals surface area contributed by atoms with E-state index in [-0.39, 0.29) is 5.82 Å². The second-order valence-electron chi connectivity index (χ2n) is 5.91. The second-order valence-corrected chi connectivity index (χ2v) is 5.91. The first-order chi connectivity index (χ1) is 10.7. The summed E-state index contributed by atoms with van der Waals surface area (Å²) in [5.41, 5.74) is 4.33. The van der Waals surface area contributed by atoms with Gasteiger partial charge in [-0.05, 0) is 67.1 Å². The maximum absolute atomic E-state index is 13.2. The molecule has 0 spiro atoms. The second kappa shape index (κ2) is 6.77. The van der Waals surface area contributed by atoms with Crippen molar-refractivity contribution in [3.05, 3.63) is 59.9 Å². The van der Waals surface area contributed by atoms with Gasteiger partial charge in [0.15, 0.2) is 0 Å². The summed E-state index contributed by atoms with van der Waals surface area (Å²) in [5, 5.41) is 0. The van der Waals surface area contributed by atoms with E-state index in [1.54, 1.807) is 29.8 Å². The Morgan fingerprint density at radius 3 is 2.41 bits per heavy atom. The summed E-state index contributed by atoms with van der Waals surface area (Å²) in [6.07, 6.45) is 3.13. The van der Waals surface area contributed by atoms with E-state index in [0.29, 0.717) is 11.6 Å². The minimum absolute atomic E-state index is 0.156. The van der Waals surface area contributed by atoms with Crippen molar-refractivity contribution in [1.82, 2.24) is 0 Å². The molecule has 0 amide bonds. The van der Waals surface area contributed by atoms with Crippen LogP contribution in [0.4, 0.5) is 20.2 Å². The van der Waals surface area contributed by atoms with E-state index in [2.05, 4.69) is 4.90 Å². The molecular formula is C18H20F2N2. The molecule has 1 aliphatic rings. The molecule has 0 atom stereocenters. The third-order valence-electron chi connectivity index (χ3n) is 4.37. The largest absolute Gasteiger partial charge is 0.372 e. The lowest BCUT2D eigenvalue weighted by Crippen LogP contribution is -2.34. The van der Waals surface area contributed by atoms with Crippen LogP contribution in [0.25, 0.3) is 0 Å². The molecule has 0 bridgehead atoms. The van der Waals surface area contributed by atoms with Crippen LogP contribution in [0.2, 0.25) is 0 Å². The van der Waals surface area contributed by atoms with Gasteiger partial charge in [0.25, 0.3) is 0 Å². The van der Waals surface area contributed by atoms with Gasteiger partial charge in [-0.15, -0.1) is 4.48 Å². The predicted octanol–water partition coefficient (Wildman–Crippen LogP) is 4.58. The molecule has 1 saturated heterocycles. The summed E-state index contributed by atoms with van der Waals surface area (Å²) in [7, 11) is 0. The Balaban J connectivity index is 1.55. The molecule has 2 nitrogen and oxygen atoms in total. The lowest BCUT2D eigenvalue weighted by molar-refractivity contribution is 0.403. The van der Waals surface area contributed by atoms with Crippen LogP contribution in [0.5, 0.6) is 0 Å². The zero-order valence-electron chi connectivity index (χ0n) is 12.4. The fraction of sp³-hybridized carbons (Fsp3) is 0.333. The molecule has 0 radical (unpaired) electrons. The van der Waals surface area contributed by atoms with Gasteiger partial charge in [-0.25, -0.2) is 9.93 Å². The Bertz CT molecular complexity index is 605. The van der Waals surface area contributed by atoms with Gasteiger partial charge in [0.05, 0.1) is 5.69 Å². The quantitative estimate of drug-likeness (QED) is 0.832. The van der Waals surface area contributed by atoms with Gasteiger partial charge in [-0.2, -0.15) is 0 Å². The van der Waals surface area contributed by atoms with Crippen molar-refractivity contribution in [2.75, 3.05) is 23.5 Å². The highest BCUT2D eigenvalue weighted by Gasteiger charge is 2.19. The molecule has 22 heavy (non-hydrogen) atoms. The molecule has 3 rings (SSSR count). The van der Waals surface area contributed by atoms with Crippen molar-refractivity contribution in [1.29, 1.82) is 0 Å². The molecule has 0 saturated carbocycles. The topological polar surface area (TPSA) is 15.3 Å². The summed E-state index contributed by atoms with van der Waals surface area (Å²) < 4.78 is 25.5. The molecule has 1 N–H and O–H groups in total. The molecule has 1 heterocycles. The Labute approximate surface area is 129 Å². The number of hydrogen-bond acceptors (Lipinski definition) is 2. The number of rotatable bonds is 4. The molecule has 116 valence electrons. The van der Waals surface area contributed by atoms with E-state index in [1.165, 1.54) is 6.07 Å². The predicted molar refractivity (Wildman–Crippen MR) is 86.2 cm³/mol. The zero-order chi connectivity index (χ0) is 15.4. The maximum Gasteiger partial charge on any atom is 0.123 e. The zero-order valence-corrected chi connectivity index (χ0v) is 12.4. The number of piperidine rings is 1. The van der Waals surface area contributed by atoms with Crippen LogP contribution in [0.3, 0.4) is 0 Å². The van der Waals surface area contributed by atoms with Gasteiger partial charge in [0.2, 0.25) is 0 Å². The maximum atomic E-state index is 13.2. The molecule has 1 aliphatic heterocycles. The first kappa shape index (κ1) is 14.8. The van der Waals surface area contributed by atoms with E-state index in [0.717, 1.165) is 43.6 Å². The van der Waals surface area contributed by atoms with Gasteiger partial charge in [-0.1, -0.05) is 12.1 Å². The Hall–Kier alpha value is -2.10. The average Bonchev–Trinajstić information content (AvgIpc) is 2.56. The van der Waals surface area contributed by atoms with E-state index < -0.39 is 0 Å². The van der Waals surface area contributed by atoms with Crippen molar-refractivity contribution in [3.63, 3.8) is 0 Å². The lowest BCUT2D eigenvalue weighted by atomic mass is 9.90. The molecule has 2 aromatic rings. The number of halogens is 2. The minimum Gasteiger partial charge on any atom is -0.372 e. The molecule has 0 aliphatic carbocycles. The van der Waals surface area contributed by atoms with Crippen LogP contribution in [0.15, 0.2) is 48.5 Å². The Kier molecular flexibility index (Phi) is 4.56. The SMILES string of the molecule is FNc1ccc(N2CCC(Cc3cccc(F)c3)CC2)cc1. The summed E-state index contributed by atoms with van der Waals surface area (Å²) in [4.78, 5) is 2.32. The molecule has 0 aromatic heterocycles. The fourth-order valence-electron chi connectivity index (χ4n) is 3.13. The Morgan fingerprint density at radius 1 is 1.05 bits per heavy atom. The van der Waals surface area contributed by atoms with Gasteiger partial charge < -0.3 is 4.90 Å². The Morgan fingerprint density at radius 2 is 1.77 bits per heavy atom. The first-order valence-corrected chi connectivity index (χ1v) is 7.71. The summed E-state index contributed by atoms with van der Waals surface area (Å²) in [6, 6.07) is 14.3. The monoisotopic (exact) mass is 302 g/mol. The van der Waals surface area contributed by atoms with Gasteiger partial charge >= 0.3 is 0 Å². The van der Waals surface area contributed by atoms with Crippen LogP contribution in [-0.2, 0) is 6.42 Å². The molecule has 1 fully saturated rings. The third kappa shape index (κ3) is 3.56. The van der Waals surface area contributed by atoms with Gasteiger partial charge in [0.1, 0.15) is 5.82 Å².